The van der Waals surface area contributed by atoms with Crippen LogP contribution in [0.1, 0.15) is 43.7 Å². The lowest BCUT2D eigenvalue weighted by atomic mass is 9.88. The first-order valence-electron chi connectivity index (χ1n) is 9.71. The summed E-state index contributed by atoms with van der Waals surface area (Å²) >= 11 is 0. The number of unbranched alkanes of at least 4 members (excludes halogenated alkanes) is 2. The lowest BCUT2D eigenvalue weighted by Crippen LogP contribution is -2.37. The molecule has 0 aromatic heterocycles. The Morgan fingerprint density at radius 3 is 2.28 bits per heavy atom. The Morgan fingerprint density at radius 1 is 1.00 bits per heavy atom. The zero-order valence-electron chi connectivity index (χ0n) is 16.8. The van der Waals surface area contributed by atoms with E-state index in [4.69, 9.17) is 8.92 Å². The molecular weight excluding hydrogens is 392 g/mol. The molecule has 0 radical (unpaired) electrons. The van der Waals surface area contributed by atoms with Crippen molar-refractivity contribution in [1.29, 1.82) is 0 Å². The predicted octanol–water partition coefficient (Wildman–Crippen LogP) is 3.71. The minimum Gasteiger partial charge on any atom is -0.464 e. The van der Waals surface area contributed by atoms with Crippen molar-refractivity contribution < 1.29 is 27.2 Å². The number of esters is 1. The highest BCUT2D eigenvalue weighted by Gasteiger charge is 2.38. The fourth-order valence-corrected chi connectivity index (χ4v) is 3.87. The van der Waals surface area contributed by atoms with Gasteiger partial charge in [0.15, 0.2) is 5.60 Å². The second-order valence-corrected chi connectivity index (χ2v) is 8.46. The van der Waals surface area contributed by atoms with E-state index in [1.807, 2.05) is 6.92 Å². The van der Waals surface area contributed by atoms with Crippen LogP contribution in [0, 0.1) is 6.92 Å². The lowest BCUT2D eigenvalue weighted by molar-refractivity contribution is -0.167. The summed E-state index contributed by atoms with van der Waals surface area (Å²) in [6.45, 7) is 3.79. The largest absolute Gasteiger partial charge is 0.464 e. The van der Waals surface area contributed by atoms with E-state index in [0.29, 0.717) is 24.8 Å². The summed E-state index contributed by atoms with van der Waals surface area (Å²) < 4.78 is 34.4. The normalized spacial score (nSPS) is 13.6. The Bertz CT molecular complexity index is 877. The molecule has 0 heterocycles. The van der Waals surface area contributed by atoms with E-state index >= 15 is 0 Å². The Balaban J connectivity index is 1.86. The van der Waals surface area contributed by atoms with Crippen molar-refractivity contribution in [3.63, 3.8) is 0 Å². The maximum atomic E-state index is 12.3. The van der Waals surface area contributed by atoms with Crippen molar-refractivity contribution in [2.75, 3.05) is 13.2 Å². The minimum absolute atomic E-state index is 0.0411. The number of carbonyl (C=O) groups is 1. The van der Waals surface area contributed by atoms with Crippen LogP contribution in [-0.4, -0.2) is 32.7 Å². The van der Waals surface area contributed by atoms with Gasteiger partial charge in [-0.25, -0.2) is 4.79 Å². The molecule has 7 heteroatoms. The topological polar surface area (TPSA) is 89.9 Å². The van der Waals surface area contributed by atoms with E-state index in [2.05, 4.69) is 0 Å². The van der Waals surface area contributed by atoms with Crippen LogP contribution in [0.3, 0.4) is 0 Å². The summed E-state index contributed by atoms with van der Waals surface area (Å²) in [5, 5.41) is 10.9. The van der Waals surface area contributed by atoms with E-state index in [0.717, 1.165) is 5.56 Å². The molecule has 29 heavy (non-hydrogen) atoms. The maximum absolute atomic E-state index is 12.3. The number of aliphatic hydroxyl groups is 1. The third kappa shape index (κ3) is 6.39. The van der Waals surface area contributed by atoms with Crippen LogP contribution >= 0.6 is 0 Å². The Morgan fingerprint density at radius 2 is 1.66 bits per heavy atom. The zero-order chi connectivity index (χ0) is 21.3. The van der Waals surface area contributed by atoms with E-state index in [1.165, 1.54) is 12.1 Å². The van der Waals surface area contributed by atoms with E-state index in [9.17, 15) is 18.3 Å². The molecule has 0 bridgehead atoms. The fourth-order valence-electron chi connectivity index (χ4n) is 2.93. The van der Waals surface area contributed by atoms with Crippen LogP contribution in [-0.2, 0) is 29.4 Å². The molecule has 0 saturated heterocycles. The molecule has 0 amide bonds. The predicted molar refractivity (Wildman–Crippen MR) is 110 cm³/mol. The van der Waals surface area contributed by atoms with Gasteiger partial charge in [-0.3, -0.25) is 4.18 Å². The first-order valence-corrected chi connectivity index (χ1v) is 11.1. The van der Waals surface area contributed by atoms with Gasteiger partial charge in [0.25, 0.3) is 10.1 Å². The van der Waals surface area contributed by atoms with Gasteiger partial charge in [0.2, 0.25) is 0 Å². The van der Waals surface area contributed by atoms with Crippen molar-refractivity contribution in [2.24, 2.45) is 0 Å². The second-order valence-electron chi connectivity index (χ2n) is 6.85. The number of hydrogen-bond acceptors (Lipinski definition) is 6. The van der Waals surface area contributed by atoms with Crippen molar-refractivity contribution >= 4 is 16.1 Å². The molecule has 0 aliphatic heterocycles. The summed E-state index contributed by atoms with van der Waals surface area (Å²) in [5.41, 5.74) is -0.264. The van der Waals surface area contributed by atoms with Gasteiger partial charge in [0, 0.05) is 0 Å². The third-order valence-corrected chi connectivity index (χ3v) is 5.92. The molecule has 6 nitrogen and oxygen atoms in total. The van der Waals surface area contributed by atoms with Crippen LogP contribution in [0.25, 0.3) is 0 Å². The van der Waals surface area contributed by atoms with E-state index in [-0.39, 0.29) is 24.5 Å². The molecule has 158 valence electrons. The molecule has 1 atom stereocenters. The molecule has 2 rings (SSSR count). The Labute approximate surface area is 172 Å². The van der Waals surface area contributed by atoms with Gasteiger partial charge in [-0.15, -0.1) is 0 Å². The third-order valence-electron chi connectivity index (χ3n) is 4.60. The summed E-state index contributed by atoms with van der Waals surface area (Å²) in [5.74, 6) is -0.676. The van der Waals surface area contributed by atoms with Crippen LogP contribution in [0.2, 0.25) is 0 Å². The number of aryl methyl sites for hydroxylation is 1. The molecule has 0 spiro atoms. The minimum atomic E-state index is -3.78. The average Bonchev–Trinajstić information content (AvgIpc) is 2.71. The van der Waals surface area contributed by atoms with Gasteiger partial charge in [-0.1, -0.05) is 54.4 Å². The molecule has 2 aromatic rings. The highest BCUT2D eigenvalue weighted by atomic mass is 32.2. The SMILES string of the molecule is CCOC(=O)[C@@](O)(CCCCCOS(=O)(=O)c1ccc(C)cc1)c1ccccc1. The Kier molecular flexibility index (Phi) is 8.37. The van der Waals surface area contributed by atoms with Gasteiger partial charge < -0.3 is 9.84 Å². The number of benzene rings is 2. The van der Waals surface area contributed by atoms with E-state index < -0.39 is 21.7 Å². The molecule has 2 aromatic carbocycles. The molecule has 0 fully saturated rings. The molecular formula is C22H28O6S. The van der Waals surface area contributed by atoms with Crippen LogP contribution in [0.15, 0.2) is 59.5 Å². The summed E-state index contributed by atoms with van der Waals surface area (Å²) in [6, 6.07) is 15.2. The number of hydrogen-bond donors (Lipinski definition) is 1. The highest BCUT2D eigenvalue weighted by Crippen LogP contribution is 2.29. The van der Waals surface area contributed by atoms with Gasteiger partial charge in [0.1, 0.15) is 0 Å². The van der Waals surface area contributed by atoms with Gasteiger partial charge in [-0.05, 0) is 50.8 Å². The number of rotatable bonds is 11. The van der Waals surface area contributed by atoms with Crippen LogP contribution in [0.5, 0.6) is 0 Å². The van der Waals surface area contributed by atoms with E-state index in [1.54, 1.807) is 49.4 Å². The molecule has 0 unspecified atom stereocenters. The molecule has 1 N–H and O–H groups in total. The molecule has 0 aliphatic rings. The van der Waals surface area contributed by atoms with Gasteiger partial charge in [0.05, 0.1) is 18.1 Å². The zero-order valence-corrected chi connectivity index (χ0v) is 17.7. The average molecular weight is 421 g/mol. The maximum Gasteiger partial charge on any atom is 0.342 e. The smallest absolute Gasteiger partial charge is 0.342 e. The second kappa shape index (κ2) is 10.5. The Hall–Kier alpha value is -2.22. The van der Waals surface area contributed by atoms with Crippen molar-refractivity contribution in [3.05, 3.63) is 65.7 Å². The van der Waals surface area contributed by atoms with Gasteiger partial charge in [-0.2, -0.15) is 8.42 Å². The fraction of sp³-hybridized carbons (Fsp3) is 0.409. The van der Waals surface area contributed by atoms with Crippen LogP contribution < -0.4 is 0 Å². The summed E-state index contributed by atoms with van der Waals surface area (Å²) in [7, 11) is -3.78. The van der Waals surface area contributed by atoms with Crippen LogP contribution in [0.4, 0.5) is 0 Å². The quantitative estimate of drug-likeness (QED) is 0.339. The van der Waals surface area contributed by atoms with Crippen molar-refractivity contribution in [2.45, 2.75) is 50.0 Å². The summed E-state index contributed by atoms with van der Waals surface area (Å²) in [6.07, 6.45) is 1.77. The number of ether oxygens (including phenoxy) is 1. The lowest BCUT2D eigenvalue weighted by Gasteiger charge is -2.26. The molecule has 0 aliphatic carbocycles. The number of carbonyl (C=O) groups excluding carboxylic acids is 1. The monoisotopic (exact) mass is 420 g/mol. The first-order chi connectivity index (χ1) is 13.8. The highest BCUT2D eigenvalue weighted by molar-refractivity contribution is 7.86. The molecule has 0 saturated carbocycles. The van der Waals surface area contributed by atoms with Crippen molar-refractivity contribution in [1.82, 2.24) is 0 Å². The standard InChI is InChI=1S/C22H28O6S/c1-3-27-21(23)22(24,19-10-6-4-7-11-19)16-8-5-9-17-28-29(25,26)20-14-12-18(2)13-15-20/h4,6-7,10-15,24H,3,5,8-9,16-17H2,1-2H3/t22-/m1/s1. The van der Waals surface area contributed by atoms with Crippen molar-refractivity contribution in [3.8, 4) is 0 Å². The van der Waals surface area contributed by atoms with Gasteiger partial charge >= 0.3 is 5.97 Å². The summed E-state index contributed by atoms with van der Waals surface area (Å²) in [4.78, 5) is 12.4. The first kappa shape index (κ1) is 23.1.